The van der Waals surface area contributed by atoms with Crippen LogP contribution in [0, 0.1) is 17.1 Å². The van der Waals surface area contributed by atoms with Gasteiger partial charge in [0.25, 0.3) is 5.91 Å². The fourth-order valence-corrected chi connectivity index (χ4v) is 2.45. The summed E-state index contributed by atoms with van der Waals surface area (Å²) in [4.78, 5) is 12.3. The topological polar surface area (TPSA) is 64.9 Å². The Kier molecular flexibility index (Phi) is 6.92. The number of aryl methyl sites for hydroxylation is 1. The number of carbonyl (C=O) groups is 1. The van der Waals surface area contributed by atoms with Crippen molar-refractivity contribution in [3.8, 4) is 6.07 Å². The van der Waals surface area contributed by atoms with Crippen molar-refractivity contribution < 1.29 is 9.18 Å². The summed E-state index contributed by atoms with van der Waals surface area (Å²) in [5.41, 5.74) is 2.60. The number of hydrogen-bond donors (Lipinski definition) is 2. The maximum absolute atomic E-state index is 13.6. The predicted octanol–water partition coefficient (Wildman–Crippen LogP) is 3.76. The average Bonchev–Trinajstić information content (AvgIpc) is 2.66. The molecule has 0 saturated carbocycles. The highest BCUT2D eigenvalue weighted by molar-refractivity contribution is 5.97. The molecule has 2 aromatic rings. The summed E-state index contributed by atoms with van der Waals surface area (Å²) in [5, 5.41) is 14.8. The molecule has 4 nitrogen and oxygen atoms in total. The number of rotatable bonds is 7. The van der Waals surface area contributed by atoms with Crippen LogP contribution in [0.4, 0.5) is 4.39 Å². The molecule has 0 aromatic heterocycles. The van der Waals surface area contributed by atoms with Crippen molar-refractivity contribution in [1.82, 2.24) is 10.6 Å². The van der Waals surface area contributed by atoms with Crippen LogP contribution in [0.5, 0.6) is 0 Å². The van der Waals surface area contributed by atoms with E-state index in [1.54, 1.807) is 18.2 Å². The van der Waals surface area contributed by atoms with Crippen LogP contribution >= 0.6 is 0 Å². The average molecular weight is 351 g/mol. The highest BCUT2D eigenvalue weighted by atomic mass is 19.1. The molecule has 0 radical (unpaired) electrons. The van der Waals surface area contributed by atoms with E-state index in [1.165, 1.54) is 17.8 Å². The normalized spacial score (nSPS) is 12.2. The molecule has 26 heavy (non-hydrogen) atoms. The van der Waals surface area contributed by atoms with Gasteiger partial charge in [-0.3, -0.25) is 4.79 Å². The number of nitrogens with one attached hydrogen (secondary N) is 2. The molecule has 0 spiro atoms. The summed E-state index contributed by atoms with van der Waals surface area (Å²) in [6.07, 6.45) is 2.27. The van der Waals surface area contributed by atoms with E-state index in [9.17, 15) is 14.4 Å². The zero-order valence-electron chi connectivity index (χ0n) is 14.9. The molecule has 0 saturated heterocycles. The molecule has 0 heterocycles. The largest absolute Gasteiger partial charge is 0.385 e. The van der Waals surface area contributed by atoms with Gasteiger partial charge in [-0.2, -0.15) is 5.26 Å². The van der Waals surface area contributed by atoms with Crippen LogP contribution in [-0.4, -0.2) is 5.91 Å². The van der Waals surface area contributed by atoms with E-state index in [0.29, 0.717) is 5.56 Å². The van der Waals surface area contributed by atoms with Crippen molar-refractivity contribution in [2.24, 2.45) is 0 Å². The van der Waals surface area contributed by atoms with E-state index in [4.69, 9.17) is 0 Å². The molecular formula is C21H22FN3O. The van der Waals surface area contributed by atoms with E-state index < -0.39 is 5.91 Å². The first-order valence-corrected chi connectivity index (χ1v) is 8.52. The Morgan fingerprint density at radius 2 is 1.92 bits per heavy atom. The number of halogens is 1. The zero-order chi connectivity index (χ0) is 18.9. The lowest BCUT2D eigenvalue weighted by molar-refractivity contribution is -0.117. The summed E-state index contributed by atoms with van der Waals surface area (Å²) >= 11 is 0. The number of benzene rings is 2. The zero-order valence-corrected chi connectivity index (χ0v) is 14.9. The van der Waals surface area contributed by atoms with Gasteiger partial charge in [-0.25, -0.2) is 4.39 Å². The maximum Gasteiger partial charge on any atom is 0.263 e. The first-order chi connectivity index (χ1) is 12.5. The molecule has 1 amide bonds. The number of carbonyl (C=O) groups excluding carboxylic acids is 1. The molecule has 0 bridgehead atoms. The van der Waals surface area contributed by atoms with Gasteiger partial charge in [-0.15, -0.1) is 0 Å². The van der Waals surface area contributed by atoms with Gasteiger partial charge in [-0.05, 0) is 30.5 Å². The van der Waals surface area contributed by atoms with Crippen LogP contribution in [0.15, 0.2) is 60.3 Å². The van der Waals surface area contributed by atoms with Crippen LogP contribution in [-0.2, 0) is 17.8 Å². The van der Waals surface area contributed by atoms with Gasteiger partial charge in [0.2, 0.25) is 0 Å². The van der Waals surface area contributed by atoms with Gasteiger partial charge in [0.05, 0.1) is 6.04 Å². The molecule has 0 aliphatic carbocycles. The van der Waals surface area contributed by atoms with E-state index in [-0.39, 0.29) is 24.0 Å². The smallest absolute Gasteiger partial charge is 0.263 e. The Hall–Kier alpha value is -3.13. The monoisotopic (exact) mass is 351 g/mol. The van der Waals surface area contributed by atoms with Crippen molar-refractivity contribution >= 4 is 5.91 Å². The first-order valence-electron chi connectivity index (χ1n) is 8.52. The van der Waals surface area contributed by atoms with Crippen molar-refractivity contribution in [3.05, 3.63) is 82.8 Å². The Bertz CT molecular complexity index is 822. The minimum atomic E-state index is -0.472. The molecule has 0 fully saturated rings. The molecule has 2 N–H and O–H groups in total. The lowest BCUT2D eigenvalue weighted by atomic mass is 10.0. The number of hydrogen-bond acceptors (Lipinski definition) is 3. The maximum atomic E-state index is 13.6. The Morgan fingerprint density at radius 3 is 2.54 bits per heavy atom. The molecule has 1 unspecified atom stereocenters. The lowest BCUT2D eigenvalue weighted by Gasteiger charge is -2.14. The molecule has 134 valence electrons. The van der Waals surface area contributed by atoms with Gasteiger partial charge in [0.1, 0.15) is 17.5 Å². The lowest BCUT2D eigenvalue weighted by Crippen LogP contribution is -2.28. The molecule has 1 atom stereocenters. The third-order valence-corrected chi connectivity index (χ3v) is 4.10. The number of amides is 1. The van der Waals surface area contributed by atoms with Crippen molar-refractivity contribution in [2.45, 2.75) is 32.9 Å². The summed E-state index contributed by atoms with van der Waals surface area (Å²) in [7, 11) is 0. The van der Waals surface area contributed by atoms with Crippen LogP contribution in [0.25, 0.3) is 0 Å². The summed E-state index contributed by atoms with van der Waals surface area (Å²) in [6, 6.07) is 16.0. The highest BCUT2D eigenvalue weighted by Crippen LogP contribution is 2.14. The number of nitrogens with zero attached hydrogens (tertiary/aromatic N) is 1. The minimum absolute atomic E-state index is 0.0571. The summed E-state index contributed by atoms with van der Waals surface area (Å²) < 4.78 is 13.6. The quantitative estimate of drug-likeness (QED) is 0.590. The number of nitriles is 1. The second-order valence-electron chi connectivity index (χ2n) is 5.93. The minimum Gasteiger partial charge on any atom is -0.385 e. The van der Waals surface area contributed by atoms with Crippen LogP contribution in [0.3, 0.4) is 0 Å². The Morgan fingerprint density at radius 1 is 1.23 bits per heavy atom. The van der Waals surface area contributed by atoms with Gasteiger partial charge in [-0.1, -0.05) is 49.4 Å². The van der Waals surface area contributed by atoms with E-state index in [2.05, 4.69) is 17.6 Å². The molecule has 2 rings (SSSR count). The molecule has 0 aliphatic rings. The fraction of sp³-hybridized carbons (Fsp3) is 0.238. The highest BCUT2D eigenvalue weighted by Gasteiger charge is 2.13. The second-order valence-corrected chi connectivity index (χ2v) is 5.93. The van der Waals surface area contributed by atoms with Crippen molar-refractivity contribution in [2.75, 3.05) is 0 Å². The third kappa shape index (κ3) is 5.18. The molecule has 0 aliphatic heterocycles. The predicted molar refractivity (Wildman–Crippen MR) is 99.3 cm³/mol. The van der Waals surface area contributed by atoms with E-state index >= 15 is 0 Å². The fourth-order valence-electron chi connectivity index (χ4n) is 2.45. The van der Waals surface area contributed by atoms with Crippen molar-refractivity contribution in [1.29, 1.82) is 5.26 Å². The Labute approximate surface area is 153 Å². The van der Waals surface area contributed by atoms with Crippen molar-refractivity contribution in [3.63, 3.8) is 0 Å². The van der Waals surface area contributed by atoms with Crippen LogP contribution in [0.2, 0.25) is 0 Å². The summed E-state index contributed by atoms with van der Waals surface area (Å²) in [6.45, 7) is 4.14. The third-order valence-electron chi connectivity index (χ3n) is 4.10. The molecule has 2 aromatic carbocycles. The second kappa shape index (κ2) is 9.38. The summed E-state index contributed by atoms with van der Waals surface area (Å²) in [5.74, 6) is -0.805. The van der Waals surface area contributed by atoms with Gasteiger partial charge in [0.15, 0.2) is 0 Å². The molecule has 5 heteroatoms. The standard InChI is InChI=1S/C21H22FN3O/c1-3-16-8-10-17(11-9-16)15(2)25-21(26)19(12-23)14-24-13-18-6-4-5-7-20(18)22/h4-11,14-15,24H,3,13H2,1-2H3,(H,25,26)/b19-14-. The van der Waals surface area contributed by atoms with Gasteiger partial charge >= 0.3 is 0 Å². The van der Waals surface area contributed by atoms with Crippen LogP contribution < -0.4 is 10.6 Å². The van der Waals surface area contributed by atoms with E-state index in [1.807, 2.05) is 37.3 Å². The first kappa shape index (κ1) is 19.2. The SMILES string of the molecule is CCc1ccc(C(C)NC(=O)/C(C#N)=C\NCc2ccccc2F)cc1. The molecular weight excluding hydrogens is 329 g/mol. The van der Waals surface area contributed by atoms with Gasteiger partial charge in [0, 0.05) is 18.3 Å². The van der Waals surface area contributed by atoms with Crippen LogP contribution in [0.1, 0.15) is 36.6 Å². The van der Waals surface area contributed by atoms with E-state index in [0.717, 1.165) is 12.0 Å². The van der Waals surface area contributed by atoms with Gasteiger partial charge < -0.3 is 10.6 Å². The Balaban J connectivity index is 1.96.